The summed E-state index contributed by atoms with van der Waals surface area (Å²) in [5.41, 5.74) is 1.95. The zero-order chi connectivity index (χ0) is 13.0. The van der Waals surface area contributed by atoms with Crippen molar-refractivity contribution in [3.63, 3.8) is 0 Å². The number of allylic oxidation sites excluding steroid dienone is 1. The lowest BCUT2D eigenvalue weighted by atomic mass is 9.80. The van der Waals surface area contributed by atoms with Crippen LogP contribution in [0.2, 0.25) is 0 Å². The van der Waals surface area contributed by atoms with E-state index in [2.05, 4.69) is 6.58 Å². The molecule has 2 rings (SSSR count). The number of carbonyl (C=O) groups is 1. The van der Waals surface area contributed by atoms with Crippen molar-refractivity contribution in [2.75, 3.05) is 7.11 Å². The molecule has 1 aliphatic carbocycles. The highest BCUT2D eigenvalue weighted by Crippen LogP contribution is 2.33. The van der Waals surface area contributed by atoms with Crippen LogP contribution in [0.1, 0.15) is 41.6 Å². The molecule has 0 spiro atoms. The van der Waals surface area contributed by atoms with E-state index in [1.54, 1.807) is 7.11 Å². The molecule has 0 fully saturated rings. The number of benzene rings is 1. The molecule has 0 N–H and O–H groups in total. The van der Waals surface area contributed by atoms with Crippen molar-refractivity contribution in [3.8, 4) is 5.75 Å². The van der Waals surface area contributed by atoms with E-state index in [1.807, 2.05) is 24.3 Å². The molecule has 0 bridgehead atoms. The minimum absolute atomic E-state index is 0.185. The maximum atomic E-state index is 12.4. The Labute approximate surface area is 109 Å². The van der Waals surface area contributed by atoms with Gasteiger partial charge in [0.05, 0.1) is 7.11 Å². The van der Waals surface area contributed by atoms with Crippen LogP contribution >= 0.6 is 0 Å². The molecule has 1 aliphatic rings. The monoisotopic (exact) mass is 244 g/mol. The summed E-state index contributed by atoms with van der Waals surface area (Å²) < 4.78 is 5.33. The van der Waals surface area contributed by atoms with Crippen LogP contribution in [0.4, 0.5) is 0 Å². The Balaban J connectivity index is 2.15. The van der Waals surface area contributed by atoms with Gasteiger partial charge in [-0.3, -0.25) is 4.79 Å². The number of hydrogen-bond donors (Lipinski definition) is 0. The van der Waals surface area contributed by atoms with Gasteiger partial charge in [-0.15, -0.1) is 6.58 Å². The molecule has 96 valence electrons. The van der Waals surface area contributed by atoms with Crippen LogP contribution in [-0.2, 0) is 6.42 Å². The Morgan fingerprint density at radius 2 is 2.33 bits per heavy atom. The van der Waals surface area contributed by atoms with Crippen molar-refractivity contribution < 1.29 is 9.53 Å². The summed E-state index contributed by atoms with van der Waals surface area (Å²) in [7, 11) is 1.66. The number of carbonyl (C=O) groups excluding carboxylic acids is 1. The third kappa shape index (κ3) is 2.47. The second-order valence-electron chi connectivity index (χ2n) is 4.81. The van der Waals surface area contributed by atoms with Gasteiger partial charge in [0.15, 0.2) is 5.78 Å². The van der Waals surface area contributed by atoms with E-state index in [4.69, 9.17) is 4.74 Å². The van der Waals surface area contributed by atoms with E-state index < -0.39 is 0 Å². The summed E-state index contributed by atoms with van der Waals surface area (Å²) >= 11 is 0. The molecule has 2 nitrogen and oxygen atoms in total. The van der Waals surface area contributed by atoms with E-state index in [0.717, 1.165) is 49.0 Å². The van der Waals surface area contributed by atoms with E-state index >= 15 is 0 Å². The molecule has 0 amide bonds. The van der Waals surface area contributed by atoms with Gasteiger partial charge in [0.2, 0.25) is 0 Å². The molecule has 1 aromatic rings. The smallest absolute Gasteiger partial charge is 0.166 e. The molecular formula is C16H20O2. The fraction of sp³-hybridized carbons (Fsp3) is 0.438. The minimum atomic E-state index is 0.185. The fourth-order valence-corrected chi connectivity index (χ4v) is 2.70. The normalized spacial score (nSPS) is 18.3. The molecule has 1 aromatic carbocycles. The Morgan fingerprint density at radius 1 is 1.50 bits per heavy atom. The first kappa shape index (κ1) is 12.9. The minimum Gasteiger partial charge on any atom is -0.496 e. The Bertz CT molecular complexity index is 448. The third-order valence-corrected chi connectivity index (χ3v) is 3.69. The molecule has 18 heavy (non-hydrogen) atoms. The van der Waals surface area contributed by atoms with Crippen molar-refractivity contribution in [2.45, 2.75) is 32.1 Å². The van der Waals surface area contributed by atoms with Crippen LogP contribution < -0.4 is 4.74 Å². The number of unbranched alkanes of at least 4 members (excludes halogenated alkanes) is 1. The van der Waals surface area contributed by atoms with Gasteiger partial charge in [0.25, 0.3) is 0 Å². The molecule has 0 aliphatic heterocycles. The van der Waals surface area contributed by atoms with E-state index in [0.29, 0.717) is 5.78 Å². The van der Waals surface area contributed by atoms with Gasteiger partial charge >= 0.3 is 0 Å². The summed E-state index contributed by atoms with van der Waals surface area (Å²) in [5, 5.41) is 0. The average Bonchev–Trinajstić information content (AvgIpc) is 2.41. The first-order valence-corrected chi connectivity index (χ1v) is 6.59. The van der Waals surface area contributed by atoms with Crippen LogP contribution in [-0.4, -0.2) is 12.9 Å². The maximum Gasteiger partial charge on any atom is 0.166 e. The van der Waals surface area contributed by atoms with Gasteiger partial charge in [-0.25, -0.2) is 0 Å². The molecule has 0 unspecified atom stereocenters. The molecule has 0 saturated carbocycles. The van der Waals surface area contributed by atoms with Crippen LogP contribution in [0.15, 0.2) is 30.9 Å². The first-order valence-electron chi connectivity index (χ1n) is 6.59. The Hall–Kier alpha value is -1.57. The van der Waals surface area contributed by atoms with Crippen molar-refractivity contribution >= 4 is 5.78 Å². The number of fused-ring (bicyclic) bond motifs is 1. The highest BCUT2D eigenvalue weighted by Gasteiger charge is 2.28. The van der Waals surface area contributed by atoms with Crippen LogP contribution in [0.25, 0.3) is 0 Å². The van der Waals surface area contributed by atoms with Crippen molar-refractivity contribution in [3.05, 3.63) is 42.0 Å². The second-order valence-corrected chi connectivity index (χ2v) is 4.81. The lowest BCUT2D eigenvalue weighted by Crippen LogP contribution is -2.23. The average molecular weight is 244 g/mol. The van der Waals surface area contributed by atoms with Crippen molar-refractivity contribution in [1.82, 2.24) is 0 Å². The molecule has 0 radical (unpaired) electrons. The van der Waals surface area contributed by atoms with Gasteiger partial charge in [0.1, 0.15) is 5.75 Å². The number of ketones is 1. The highest BCUT2D eigenvalue weighted by atomic mass is 16.5. The zero-order valence-corrected chi connectivity index (χ0v) is 10.9. The number of hydrogen-bond acceptors (Lipinski definition) is 2. The SMILES string of the molecule is C=CCCC[C@@H]1CCc2c(OC)cccc2C1=O. The third-order valence-electron chi connectivity index (χ3n) is 3.69. The molecule has 0 heterocycles. The van der Waals surface area contributed by atoms with E-state index in [-0.39, 0.29) is 5.92 Å². The van der Waals surface area contributed by atoms with Gasteiger partial charge in [0, 0.05) is 17.0 Å². The molecule has 0 aromatic heterocycles. The molecule has 2 heteroatoms. The topological polar surface area (TPSA) is 26.3 Å². The first-order chi connectivity index (χ1) is 8.77. The predicted molar refractivity (Wildman–Crippen MR) is 73.2 cm³/mol. The van der Waals surface area contributed by atoms with Gasteiger partial charge in [-0.2, -0.15) is 0 Å². The summed E-state index contributed by atoms with van der Waals surface area (Å²) in [6.45, 7) is 3.72. The number of Topliss-reactive ketones (excluding diaryl/α,β-unsaturated/α-hetero) is 1. The molecule has 1 atom stereocenters. The summed E-state index contributed by atoms with van der Waals surface area (Å²) in [5.74, 6) is 1.33. The fourth-order valence-electron chi connectivity index (χ4n) is 2.70. The summed E-state index contributed by atoms with van der Waals surface area (Å²) in [4.78, 5) is 12.4. The molecular weight excluding hydrogens is 224 g/mol. The standard InChI is InChI=1S/C16H20O2/c1-3-4-5-7-12-10-11-13-14(16(12)17)8-6-9-15(13)18-2/h3,6,8-9,12H,1,4-5,7,10-11H2,2H3/t12-/m1/s1. The zero-order valence-electron chi connectivity index (χ0n) is 10.9. The number of ether oxygens (including phenoxy) is 1. The Kier molecular flexibility index (Phi) is 4.19. The predicted octanol–water partition coefficient (Wildman–Crippen LogP) is 3.80. The van der Waals surface area contributed by atoms with E-state index in [9.17, 15) is 4.79 Å². The van der Waals surface area contributed by atoms with Gasteiger partial charge < -0.3 is 4.74 Å². The second kappa shape index (κ2) is 5.85. The lowest BCUT2D eigenvalue weighted by molar-refractivity contribution is 0.0892. The van der Waals surface area contributed by atoms with Gasteiger partial charge in [-0.1, -0.05) is 18.2 Å². The molecule has 0 saturated heterocycles. The van der Waals surface area contributed by atoms with Crippen molar-refractivity contribution in [1.29, 1.82) is 0 Å². The van der Waals surface area contributed by atoms with Crippen LogP contribution in [0.5, 0.6) is 5.75 Å². The highest BCUT2D eigenvalue weighted by molar-refractivity contribution is 6.00. The largest absolute Gasteiger partial charge is 0.496 e. The van der Waals surface area contributed by atoms with Gasteiger partial charge in [-0.05, 0) is 38.2 Å². The van der Waals surface area contributed by atoms with Crippen LogP contribution in [0.3, 0.4) is 0 Å². The van der Waals surface area contributed by atoms with Crippen molar-refractivity contribution in [2.24, 2.45) is 5.92 Å². The number of methoxy groups -OCH3 is 1. The summed E-state index contributed by atoms with van der Waals surface area (Å²) in [6.07, 6.45) is 6.84. The lowest BCUT2D eigenvalue weighted by Gasteiger charge is -2.24. The quantitative estimate of drug-likeness (QED) is 0.581. The maximum absolute atomic E-state index is 12.4. The van der Waals surface area contributed by atoms with E-state index in [1.165, 1.54) is 0 Å². The Morgan fingerprint density at radius 3 is 3.06 bits per heavy atom. The number of rotatable bonds is 5. The summed E-state index contributed by atoms with van der Waals surface area (Å²) in [6, 6.07) is 5.77. The van der Waals surface area contributed by atoms with Crippen LogP contribution in [0, 0.1) is 5.92 Å².